The van der Waals surface area contributed by atoms with Gasteiger partial charge in [-0.25, -0.2) is 16.8 Å². The molecule has 0 aliphatic carbocycles. The molecule has 0 bridgehead atoms. The van der Waals surface area contributed by atoms with Crippen LogP contribution < -0.4 is 10.0 Å². The Morgan fingerprint density at radius 2 is 1.65 bits per heavy atom. The minimum Gasteiger partial charge on any atom is -0.348 e. The van der Waals surface area contributed by atoms with Gasteiger partial charge in [-0.15, -0.1) is 0 Å². The second-order valence-corrected chi connectivity index (χ2v) is 9.73. The first-order valence-electron chi connectivity index (χ1n) is 7.62. The van der Waals surface area contributed by atoms with E-state index in [9.17, 15) is 21.6 Å². The highest BCUT2D eigenvalue weighted by Crippen LogP contribution is 2.18. The first kappa shape index (κ1) is 19.9. The summed E-state index contributed by atoms with van der Waals surface area (Å²) in [6.45, 7) is 1.79. The van der Waals surface area contributed by atoms with Crippen molar-refractivity contribution in [2.75, 3.05) is 17.2 Å². The fourth-order valence-electron chi connectivity index (χ4n) is 2.32. The molecule has 0 saturated heterocycles. The van der Waals surface area contributed by atoms with Gasteiger partial charge in [0.2, 0.25) is 10.0 Å². The van der Waals surface area contributed by atoms with E-state index in [2.05, 4.69) is 10.0 Å². The Kier molecular flexibility index (Phi) is 5.72. The predicted octanol–water partition coefficient (Wildman–Crippen LogP) is 1.70. The molecule has 0 spiro atoms. The quantitative estimate of drug-likeness (QED) is 0.772. The number of rotatable bonds is 6. The summed E-state index contributed by atoms with van der Waals surface area (Å²) in [5.41, 5.74) is 1.85. The van der Waals surface area contributed by atoms with Gasteiger partial charge >= 0.3 is 0 Å². The zero-order valence-corrected chi connectivity index (χ0v) is 16.2. The molecule has 2 aromatic carbocycles. The van der Waals surface area contributed by atoms with Gasteiger partial charge in [-0.05, 0) is 36.2 Å². The zero-order chi connectivity index (χ0) is 19.5. The number of benzene rings is 2. The minimum atomic E-state index is -3.45. The summed E-state index contributed by atoms with van der Waals surface area (Å²) in [6.07, 6.45) is 2.12. The standard InChI is InChI=1S/C17H20N2O5S2/c1-12-8-9-14(25(2,21)22)10-15(12)17(20)18-11-13-6-4-5-7-16(13)19-26(3,23)24/h4-10,19H,11H2,1-3H3,(H,18,20). The molecule has 0 heterocycles. The third-order valence-corrected chi connectivity index (χ3v) is 5.33. The molecule has 0 saturated carbocycles. The summed E-state index contributed by atoms with van der Waals surface area (Å²) in [7, 11) is -6.87. The van der Waals surface area contributed by atoms with Gasteiger partial charge in [0, 0.05) is 18.4 Å². The molecule has 140 valence electrons. The molecule has 1 amide bonds. The van der Waals surface area contributed by atoms with E-state index in [4.69, 9.17) is 0 Å². The molecule has 9 heteroatoms. The van der Waals surface area contributed by atoms with Gasteiger partial charge in [-0.2, -0.15) is 0 Å². The second kappa shape index (κ2) is 7.46. The number of sulfone groups is 1. The van der Waals surface area contributed by atoms with Gasteiger partial charge in [0.05, 0.1) is 16.8 Å². The number of aryl methyl sites for hydroxylation is 1. The van der Waals surface area contributed by atoms with Gasteiger partial charge in [0.25, 0.3) is 5.91 Å². The maximum absolute atomic E-state index is 12.5. The van der Waals surface area contributed by atoms with Crippen molar-refractivity contribution in [1.29, 1.82) is 0 Å². The topological polar surface area (TPSA) is 109 Å². The molecule has 26 heavy (non-hydrogen) atoms. The molecule has 0 aromatic heterocycles. The van der Waals surface area contributed by atoms with Crippen LogP contribution in [0.25, 0.3) is 0 Å². The maximum atomic E-state index is 12.5. The summed E-state index contributed by atoms with van der Waals surface area (Å²) in [4.78, 5) is 12.5. The average Bonchev–Trinajstić information content (AvgIpc) is 2.51. The van der Waals surface area contributed by atoms with Gasteiger partial charge in [0.15, 0.2) is 9.84 Å². The lowest BCUT2D eigenvalue weighted by Gasteiger charge is -2.13. The minimum absolute atomic E-state index is 0.0624. The molecule has 0 unspecified atom stereocenters. The number of amides is 1. The van der Waals surface area contributed by atoms with Crippen LogP contribution in [0, 0.1) is 6.92 Å². The number of anilines is 1. The van der Waals surface area contributed by atoms with Crippen molar-refractivity contribution in [1.82, 2.24) is 5.32 Å². The maximum Gasteiger partial charge on any atom is 0.251 e. The average molecular weight is 396 g/mol. The van der Waals surface area contributed by atoms with E-state index >= 15 is 0 Å². The lowest BCUT2D eigenvalue weighted by Crippen LogP contribution is -2.24. The van der Waals surface area contributed by atoms with Crippen molar-refractivity contribution in [2.24, 2.45) is 0 Å². The molecule has 0 radical (unpaired) electrons. The van der Waals surface area contributed by atoms with Crippen LogP contribution in [0.2, 0.25) is 0 Å². The van der Waals surface area contributed by atoms with Crippen molar-refractivity contribution in [3.8, 4) is 0 Å². The van der Waals surface area contributed by atoms with E-state index in [0.29, 0.717) is 16.8 Å². The van der Waals surface area contributed by atoms with Crippen molar-refractivity contribution < 1.29 is 21.6 Å². The Labute approximate surface area is 153 Å². The van der Waals surface area contributed by atoms with Crippen LogP contribution in [0.1, 0.15) is 21.5 Å². The Morgan fingerprint density at radius 3 is 2.27 bits per heavy atom. The summed E-state index contributed by atoms with van der Waals surface area (Å²) in [5, 5.41) is 2.69. The number of carbonyl (C=O) groups is 1. The van der Waals surface area contributed by atoms with E-state index in [1.54, 1.807) is 37.3 Å². The highest BCUT2D eigenvalue weighted by atomic mass is 32.2. The Balaban J connectivity index is 2.23. The van der Waals surface area contributed by atoms with Crippen LogP contribution in [-0.2, 0) is 26.4 Å². The lowest BCUT2D eigenvalue weighted by atomic mass is 10.1. The van der Waals surface area contributed by atoms with Gasteiger partial charge in [0.1, 0.15) is 0 Å². The first-order valence-corrected chi connectivity index (χ1v) is 11.4. The fraction of sp³-hybridized carbons (Fsp3) is 0.235. The fourth-order valence-corrected chi connectivity index (χ4v) is 3.57. The van der Waals surface area contributed by atoms with Crippen molar-refractivity contribution in [3.63, 3.8) is 0 Å². The molecular formula is C17H20N2O5S2. The Hall–Kier alpha value is -2.39. The smallest absolute Gasteiger partial charge is 0.251 e. The summed E-state index contributed by atoms with van der Waals surface area (Å²) in [5.74, 6) is -0.442. The number of hydrogen-bond acceptors (Lipinski definition) is 5. The molecule has 0 aliphatic rings. The van der Waals surface area contributed by atoms with E-state index in [1.165, 1.54) is 12.1 Å². The summed E-state index contributed by atoms with van der Waals surface area (Å²) < 4.78 is 48.6. The number of sulfonamides is 1. The highest BCUT2D eigenvalue weighted by Gasteiger charge is 2.15. The molecular weight excluding hydrogens is 376 g/mol. The highest BCUT2D eigenvalue weighted by molar-refractivity contribution is 7.92. The molecule has 0 fully saturated rings. The van der Waals surface area contributed by atoms with Crippen LogP contribution >= 0.6 is 0 Å². The monoisotopic (exact) mass is 396 g/mol. The van der Waals surface area contributed by atoms with Crippen LogP contribution in [0.15, 0.2) is 47.4 Å². The number of nitrogens with one attached hydrogen (secondary N) is 2. The first-order chi connectivity index (χ1) is 12.0. The number of hydrogen-bond donors (Lipinski definition) is 2. The molecule has 0 atom stereocenters. The molecule has 2 N–H and O–H groups in total. The summed E-state index contributed by atoms with van der Waals surface area (Å²) >= 11 is 0. The Morgan fingerprint density at radius 1 is 1.00 bits per heavy atom. The van der Waals surface area contributed by atoms with Crippen molar-refractivity contribution in [3.05, 3.63) is 59.2 Å². The second-order valence-electron chi connectivity index (χ2n) is 5.96. The van der Waals surface area contributed by atoms with Crippen LogP contribution in [-0.4, -0.2) is 35.3 Å². The van der Waals surface area contributed by atoms with Crippen molar-refractivity contribution >= 4 is 31.5 Å². The number of para-hydroxylation sites is 1. The van der Waals surface area contributed by atoms with Crippen LogP contribution in [0.5, 0.6) is 0 Å². The van der Waals surface area contributed by atoms with E-state index in [1.807, 2.05) is 0 Å². The largest absolute Gasteiger partial charge is 0.348 e. The van der Waals surface area contributed by atoms with Crippen LogP contribution in [0.4, 0.5) is 5.69 Å². The van der Waals surface area contributed by atoms with Crippen molar-refractivity contribution in [2.45, 2.75) is 18.4 Å². The molecule has 7 nitrogen and oxygen atoms in total. The van der Waals surface area contributed by atoms with Gasteiger partial charge in [-0.3, -0.25) is 9.52 Å². The molecule has 2 aromatic rings. The number of carbonyl (C=O) groups excluding carboxylic acids is 1. The zero-order valence-electron chi connectivity index (χ0n) is 14.6. The van der Waals surface area contributed by atoms with E-state index in [0.717, 1.165) is 12.5 Å². The lowest BCUT2D eigenvalue weighted by molar-refractivity contribution is 0.0950. The predicted molar refractivity (Wildman–Crippen MR) is 100 cm³/mol. The third-order valence-electron chi connectivity index (χ3n) is 3.63. The van der Waals surface area contributed by atoms with E-state index in [-0.39, 0.29) is 17.0 Å². The Bertz CT molecular complexity index is 1040. The SMILES string of the molecule is Cc1ccc(S(C)(=O)=O)cc1C(=O)NCc1ccccc1NS(C)(=O)=O. The van der Waals surface area contributed by atoms with Gasteiger partial charge < -0.3 is 5.32 Å². The van der Waals surface area contributed by atoms with E-state index < -0.39 is 25.8 Å². The molecule has 0 aliphatic heterocycles. The van der Waals surface area contributed by atoms with Crippen LogP contribution in [0.3, 0.4) is 0 Å². The normalized spacial score (nSPS) is 11.8. The van der Waals surface area contributed by atoms with Gasteiger partial charge in [-0.1, -0.05) is 24.3 Å². The molecule has 2 rings (SSSR count). The summed E-state index contributed by atoms with van der Waals surface area (Å²) in [6, 6.07) is 11.0. The third kappa shape index (κ3) is 5.30.